The average Bonchev–Trinajstić information content (AvgIpc) is 3.19. The third-order valence-electron chi connectivity index (χ3n) is 5.03. The predicted octanol–water partition coefficient (Wildman–Crippen LogP) is 2.26. The van der Waals surface area contributed by atoms with Crippen molar-refractivity contribution in [3.63, 3.8) is 0 Å². The van der Waals surface area contributed by atoms with Crippen LogP contribution < -0.4 is 16.4 Å². The van der Waals surface area contributed by atoms with Crippen molar-refractivity contribution in [2.75, 3.05) is 17.2 Å². The Morgan fingerprint density at radius 1 is 1.06 bits per heavy atom. The number of nitrogens with zero attached hydrogens (tertiary/aromatic N) is 5. The highest BCUT2D eigenvalue weighted by molar-refractivity contribution is 6.01. The van der Waals surface area contributed by atoms with E-state index >= 15 is 0 Å². The molecule has 0 aliphatic rings. The van der Waals surface area contributed by atoms with Gasteiger partial charge >= 0.3 is 0 Å². The number of fused-ring (bicyclic) bond motifs is 1. The van der Waals surface area contributed by atoms with Crippen LogP contribution in [-0.4, -0.2) is 38.1 Å². The maximum Gasteiger partial charge on any atom is 0.250 e. The quantitative estimate of drug-likeness (QED) is 0.435. The van der Waals surface area contributed by atoms with Crippen LogP contribution in [0.15, 0.2) is 73.6 Å². The number of carbonyl (C=O) groups is 2. The van der Waals surface area contributed by atoms with Gasteiger partial charge in [0.1, 0.15) is 17.4 Å². The van der Waals surface area contributed by atoms with Crippen LogP contribution in [0.3, 0.4) is 0 Å². The molecule has 160 valence electrons. The molecular weight excluding hydrogens is 406 g/mol. The number of anilines is 2. The van der Waals surface area contributed by atoms with Gasteiger partial charge in [-0.1, -0.05) is 24.8 Å². The second-order valence-electron chi connectivity index (χ2n) is 7.01. The first-order chi connectivity index (χ1) is 15.5. The number of rotatable bonds is 7. The lowest BCUT2D eigenvalue weighted by molar-refractivity contribution is -0.114. The number of benzene rings is 2. The van der Waals surface area contributed by atoms with Crippen LogP contribution in [0.2, 0.25) is 0 Å². The Bertz CT molecular complexity index is 1300. The molecule has 4 aromatic rings. The van der Waals surface area contributed by atoms with Gasteiger partial charge in [0.05, 0.1) is 11.4 Å². The number of hydrogen-bond acceptors (Lipinski definition) is 6. The SMILES string of the molecule is C=CC(=O)N(CCc1nn(-c2ccc(C(N)=O)cc2)c2c(N)ncnc12)c1ccccc1. The zero-order valence-electron chi connectivity index (χ0n) is 17.2. The molecule has 2 aromatic carbocycles. The fourth-order valence-corrected chi connectivity index (χ4v) is 3.45. The number of aromatic nitrogens is 4. The van der Waals surface area contributed by atoms with Gasteiger partial charge in [0.25, 0.3) is 0 Å². The van der Waals surface area contributed by atoms with E-state index < -0.39 is 5.91 Å². The number of para-hydroxylation sites is 1. The Labute approximate surface area is 184 Å². The third-order valence-corrected chi connectivity index (χ3v) is 5.03. The summed E-state index contributed by atoms with van der Waals surface area (Å²) in [6.45, 7) is 3.97. The van der Waals surface area contributed by atoms with E-state index in [-0.39, 0.29) is 11.7 Å². The van der Waals surface area contributed by atoms with Crippen LogP contribution in [0.25, 0.3) is 16.7 Å². The van der Waals surface area contributed by atoms with Gasteiger partial charge in [-0.05, 0) is 42.5 Å². The van der Waals surface area contributed by atoms with Gasteiger partial charge in [0, 0.05) is 24.2 Å². The molecule has 2 amide bonds. The maximum atomic E-state index is 12.5. The highest BCUT2D eigenvalue weighted by Crippen LogP contribution is 2.25. The molecule has 9 nitrogen and oxygen atoms in total. The Morgan fingerprint density at radius 2 is 1.78 bits per heavy atom. The molecule has 9 heteroatoms. The van der Waals surface area contributed by atoms with E-state index in [2.05, 4.69) is 16.5 Å². The summed E-state index contributed by atoms with van der Waals surface area (Å²) >= 11 is 0. The molecule has 4 rings (SSSR count). The number of amides is 2. The van der Waals surface area contributed by atoms with Crippen molar-refractivity contribution in [3.8, 4) is 5.69 Å². The van der Waals surface area contributed by atoms with Crippen molar-refractivity contribution in [1.29, 1.82) is 0 Å². The van der Waals surface area contributed by atoms with Crippen molar-refractivity contribution in [3.05, 3.63) is 84.8 Å². The van der Waals surface area contributed by atoms with E-state index in [1.165, 1.54) is 12.4 Å². The highest BCUT2D eigenvalue weighted by atomic mass is 16.2. The summed E-state index contributed by atoms with van der Waals surface area (Å²) in [5.74, 6) is -0.454. The smallest absolute Gasteiger partial charge is 0.250 e. The molecular formula is C23H21N7O2. The Hall–Kier alpha value is -4.53. The largest absolute Gasteiger partial charge is 0.382 e. The molecule has 2 aromatic heterocycles. The predicted molar refractivity (Wildman–Crippen MR) is 122 cm³/mol. The van der Waals surface area contributed by atoms with Crippen molar-refractivity contribution >= 4 is 34.4 Å². The summed E-state index contributed by atoms with van der Waals surface area (Å²) in [6, 6.07) is 16.0. The maximum absolute atomic E-state index is 12.5. The second kappa shape index (κ2) is 8.68. The molecule has 0 saturated carbocycles. The van der Waals surface area contributed by atoms with Crippen molar-refractivity contribution in [2.24, 2.45) is 5.73 Å². The fourth-order valence-electron chi connectivity index (χ4n) is 3.45. The molecule has 4 N–H and O–H groups in total. The summed E-state index contributed by atoms with van der Waals surface area (Å²) < 4.78 is 1.63. The van der Waals surface area contributed by atoms with E-state index in [1.807, 2.05) is 30.3 Å². The summed E-state index contributed by atoms with van der Waals surface area (Å²) in [5.41, 5.74) is 15.1. The molecule has 0 bridgehead atoms. The van der Waals surface area contributed by atoms with Crippen LogP contribution in [0.5, 0.6) is 0 Å². The average molecular weight is 427 g/mol. The first-order valence-corrected chi connectivity index (χ1v) is 9.87. The highest BCUT2D eigenvalue weighted by Gasteiger charge is 2.19. The van der Waals surface area contributed by atoms with Crippen molar-refractivity contribution in [2.45, 2.75) is 6.42 Å². The topological polar surface area (TPSA) is 133 Å². The molecule has 0 fully saturated rings. The first kappa shape index (κ1) is 20.7. The van der Waals surface area contributed by atoms with Gasteiger partial charge in [-0.15, -0.1) is 0 Å². The lowest BCUT2D eigenvalue weighted by Gasteiger charge is -2.20. The van der Waals surface area contributed by atoms with Crippen LogP contribution in [-0.2, 0) is 11.2 Å². The fraction of sp³-hybridized carbons (Fsp3) is 0.0870. The summed E-state index contributed by atoms with van der Waals surface area (Å²) in [7, 11) is 0. The second-order valence-corrected chi connectivity index (χ2v) is 7.01. The Morgan fingerprint density at radius 3 is 2.44 bits per heavy atom. The molecule has 0 radical (unpaired) electrons. The number of nitrogens with two attached hydrogens (primary N) is 2. The number of primary amides is 1. The minimum absolute atomic E-state index is 0.212. The number of hydrogen-bond donors (Lipinski definition) is 2. The number of nitrogen functional groups attached to an aromatic ring is 1. The minimum Gasteiger partial charge on any atom is -0.382 e. The van der Waals surface area contributed by atoms with Crippen molar-refractivity contribution in [1.82, 2.24) is 19.7 Å². The van der Waals surface area contributed by atoms with Crippen LogP contribution in [0.1, 0.15) is 16.1 Å². The van der Waals surface area contributed by atoms with Gasteiger partial charge in [-0.3, -0.25) is 9.59 Å². The summed E-state index contributed by atoms with van der Waals surface area (Å²) in [4.78, 5) is 33.9. The summed E-state index contributed by atoms with van der Waals surface area (Å²) in [6.07, 6.45) is 3.09. The van der Waals surface area contributed by atoms with Crippen LogP contribution in [0, 0.1) is 0 Å². The molecule has 32 heavy (non-hydrogen) atoms. The van der Waals surface area contributed by atoms with Crippen LogP contribution >= 0.6 is 0 Å². The van der Waals surface area contributed by atoms with E-state index in [0.717, 1.165) is 5.69 Å². The van der Waals surface area contributed by atoms with Crippen molar-refractivity contribution < 1.29 is 9.59 Å². The van der Waals surface area contributed by atoms with Gasteiger partial charge in [0.15, 0.2) is 5.82 Å². The minimum atomic E-state index is -0.515. The molecule has 0 unspecified atom stereocenters. The van der Waals surface area contributed by atoms with E-state index in [9.17, 15) is 9.59 Å². The molecule has 2 heterocycles. The van der Waals surface area contributed by atoms with Gasteiger partial charge in [-0.25, -0.2) is 14.6 Å². The van der Waals surface area contributed by atoms with E-state index in [4.69, 9.17) is 16.6 Å². The van der Waals surface area contributed by atoms with Gasteiger partial charge in [-0.2, -0.15) is 5.10 Å². The Kier molecular flexibility index (Phi) is 5.63. The Balaban J connectivity index is 1.72. The normalized spacial score (nSPS) is 10.8. The lowest BCUT2D eigenvalue weighted by atomic mass is 10.2. The lowest BCUT2D eigenvalue weighted by Crippen LogP contribution is -2.31. The molecule has 0 atom stereocenters. The van der Waals surface area contributed by atoms with Crippen LogP contribution in [0.4, 0.5) is 11.5 Å². The van der Waals surface area contributed by atoms with Gasteiger partial charge in [0.2, 0.25) is 11.8 Å². The number of carbonyl (C=O) groups excluding carboxylic acids is 2. The van der Waals surface area contributed by atoms with E-state index in [0.29, 0.717) is 40.9 Å². The van der Waals surface area contributed by atoms with Gasteiger partial charge < -0.3 is 16.4 Å². The zero-order valence-corrected chi connectivity index (χ0v) is 17.2. The molecule has 0 aliphatic carbocycles. The first-order valence-electron chi connectivity index (χ1n) is 9.87. The van der Waals surface area contributed by atoms with E-state index in [1.54, 1.807) is 33.8 Å². The zero-order chi connectivity index (χ0) is 22.7. The molecule has 0 aliphatic heterocycles. The standard InChI is InChI=1S/C23H21N7O2/c1-2-19(31)29(16-6-4-3-5-7-16)13-12-18-20-21(22(24)27-14-26-20)30(28-18)17-10-8-15(9-11-17)23(25)32/h2-11,14H,1,12-13H2,(H2,25,32)(H2,24,26,27). The molecule has 0 spiro atoms. The summed E-state index contributed by atoms with van der Waals surface area (Å²) in [5, 5.41) is 4.70. The monoisotopic (exact) mass is 427 g/mol. The third kappa shape index (κ3) is 3.91. The molecule has 0 saturated heterocycles.